The van der Waals surface area contributed by atoms with Crippen LogP contribution < -0.4 is 4.74 Å². The Balaban J connectivity index is 1.47. The first-order valence-corrected chi connectivity index (χ1v) is 9.72. The number of amides is 1. The first-order valence-electron chi connectivity index (χ1n) is 9.72. The third-order valence-electron chi connectivity index (χ3n) is 6.04. The van der Waals surface area contributed by atoms with Crippen LogP contribution in [-0.4, -0.2) is 47.2 Å². The number of pyridine rings is 1. The lowest BCUT2D eigenvalue weighted by molar-refractivity contribution is -0.140. The number of aromatic nitrogens is 1. The molecule has 0 aromatic carbocycles. The number of carbonyl (C=O) groups is 1. The van der Waals surface area contributed by atoms with Gasteiger partial charge in [0, 0.05) is 24.8 Å². The Hall–Kier alpha value is -1.62. The third kappa shape index (κ3) is 3.52. The highest BCUT2D eigenvalue weighted by Crippen LogP contribution is 2.35. The molecule has 2 saturated heterocycles. The van der Waals surface area contributed by atoms with Gasteiger partial charge >= 0.3 is 0 Å². The van der Waals surface area contributed by atoms with Gasteiger partial charge in [-0.1, -0.05) is 13.0 Å². The highest BCUT2D eigenvalue weighted by molar-refractivity contribution is 5.79. The zero-order valence-corrected chi connectivity index (χ0v) is 15.0. The van der Waals surface area contributed by atoms with Crippen LogP contribution in [0.25, 0.3) is 0 Å². The average Bonchev–Trinajstić information content (AvgIpc) is 3.01. The van der Waals surface area contributed by atoms with Gasteiger partial charge in [-0.05, 0) is 50.5 Å². The molecule has 0 radical (unpaired) electrons. The number of rotatable bonds is 3. The van der Waals surface area contributed by atoms with Crippen molar-refractivity contribution >= 4 is 5.91 Å². The number of ether oxygens (including phenoxy) is 2. The van der Waals surface area contributed by atoms with E-state index in [4.69, 9.17) is 9.47 Å². The van der Waals surface area contributed by atoms with E-state index in [2.05, 4.69) is 16.8 Å². The fraction of sp³-hybridized carbons (Fsp3) is 0.700. The first kappa shape index (κ1) is 16.8. The van der Waals surface area contributed by atoms with Crippen LogP contribution in [0.3, 0.4) is 0 Å². The summed E-state index contributed by atoms with van der Waals surface area (Å²) < 4.78 is 12.1. The number of hydrogen-bond donors (Lipinski definition) is 0. The molecule has 1 aromatic rings. The van der Waals surface area contributed by atoms with Gasteiger partial charge in [0.25, 0.3) is 0 Å². The highest BCUT2D eigenvalue weighted by atomic mass is 16.5. The second kappa shape index (κ2) is 7.32. The number of fused-ring (bicyclic) bond motifs is 1. The van der Waals surface area contributed by atoms with E-state index in [1.54, 1.807) is 6.20 Å². The Morgan fingerprint density at radius 1 is 1.24 bits per heavy atom. The van der Waals surface area contributed by atoms with Crippen LogP contribution in [0.4, 0.5) is 0 Å². The monoisotopic (exact) mass is 344 g/mol. The Morgan fingerprint density at radius 2 is 2.08 bits per heavy atom. The van der Waals surface area contributed by atoms with E-state index in [1.807, 2.05) is 18.2 Å². The second-order valence-electron chi connectivity index (χ2n) is 7.82. The predicted molar refractivity (Wildman–Crippen MR) is 94.3 cm³/mol. The third-order valence-corrected chi connectivity index (χ3v) is 6.04. The Labute approximate surface area is 149 Å². The molecule has 1 aromatic heterocycles. The van der Waals surface area contributed by atoms with Crippen LogP contribution in [0.15, 0.2) is 24.4 Å². The van der Waals surface area contributed by atoms with Crippen molar-refractivity contribution in [1.82, 2.24) is 9.88 Å². The van der Waals surface area contributed by atoms with E-state index in [0.29, 0.717) is 18.3 Å². The topological polar surface area (TPSA) is 51.7 Å². The van der Waals surface area contributed by atoms with Crippen LogP contribution in [0, 0.1) is 11.8 Å². The minimum atomic E-state index is -0.119. The number of nitrogens with zero attached hydrogens (tertiary/aromatic N) is 2. The molecule has 0 N–H and O–H groups in total. The largest absolute Gasteiger partial charge is 0.470 e. The molecule has 0 bridgehead atoms. The maximum absolute atomic E-state index is 13.2. The molecule has 2 aliphatic heterocycles. The number of likely N-dealkylation sites (tertiary alicyclic amines) is 1. The first-order chi connectivity index (χ1) is 12.2. The number of hydrogen-bond acceptors (Lipinski definition) is 4. The lowest BCUT2D eigenvalue weighted by Crippen LogP contribution is -2.46. The Morgan fingerprint density at radius 3 is 2.84 bits per heavy atom. The zero-order valence-electron chi connectivity index (χ0n) is 15.0. The van der Waals surface area contributed by atoms with Gasteiger partial charge in [-0.2, -0.15) is 0 Å². The van der Waals surface area contributed by atoms with Gasteiger partial charge in [-0.25, -0.2) is 4.98 Å². The molecule has 3 aliphatic rings. The molecule has 136 valence electrons. The van der Waals surface area contributed by atoms with Crippen molar-refractivity contribution in [2.75, 3.05) is 13.2 Å². The normalized spacial score (nSPS) is 35.2. The van der Waals surface area contributed by atoms with Crippen LogP contribution >= 0.6 is 0 Å². The van der Waals surface area contributed by atoms with Crippen LogP contribution in [0.2, 0.25) is 0 Å². The van der Waals surface area contributed by atoms with Crippen molar-refractivity contribution < 1.29 is 14.3 Å². The summed E-state index contributed by atoms with van der Waals surface area (Å²) in [5, 5.41) is 0. The minimum Gasteiger partial charge on any atom is -0.470 e. The Bertz CT molecular complexity index is 586. The molecule has 1 saturated carbocycles. The van der Waals surface area contributed by atoms with E-state index in [0.717, 1.165) is 38.2 Å². The zero-order chi connectivity index (χ0) is 17.2. The second-order valence-corrected chi connectivity index (χ2v) is 7.82. The minimum absolute atomic E-state index is 0.0257. The van der Waals surface area contributed by atoms with E-state index < -0.39 is 0 Å². The summed E-state index contributed by atoms with van der Waals surface area (Å²) in [5.74, 6) is 1.88. The molecule has 3 fully saturated rings. The summed E-state index contributed by atoms with van der Waals surface area (Å²) in [5.41, 5.74) is 0. The molecule has 3 atom stereocenters. The molecule has 1 amide bonds. The Kier molecular flexibility index (Phi) is 4.93. The van der Waals surface area contributed by atoms with Crippen molar-refractivity contribution in [3.8, 4) is 5.88 Å². The van der Waals surface area contributed by atoms with Crippen LogP contribution in [0.1, 0.15) is 45.4 Å². The molecule has 0 spiro atoms. The molecule has 1 aliphatic carbocycles. The van der Waals surface area contributed by atoms with Crippen LogP contribution in [-0.2, 0) is 9.53 Å². The predicted octanol–water partition coefficient (Wildman–Crippen LogP) is 3.05. The van der Waals surface area contributed by atoms with E-state index in [-0.39, 0.29) is 24.2 Å². The van der Waals surface area contributed by atoms with E-state index in [9.17, 15) is 4.79 Å². The fourth-order valence-corrected chi connectivity index (χ4v) is 4.58. The summed E-state index contributed by atoms with van der Waals surface area (Å²) >= 11 is 0. The molecule has 25 heavy (non-hydrogen) atoms. The summed E-state index contributed by atoms with van der Waals surface area (Å²) in [7, 11) is 0. The maximum Gasteiger partial charge on any atom is 0.226 e. The van der Waals surface area contributed by atoms with Crippen molar-refractivity contribution in [2.24, 2.45) is 11.8 Å². The van der Waals surface area contributed by atoms with Gasteiger partial charge in [0.15, 0.2) is 0 Å². The standard InChI is InChI=1S/C20H28N2O3/c1-14-7-9-15(10-8-14)20(23)22-13-17(19-16(22)5-4-12-24-19)25-18-6-2-3-11-21-18/h2-3,6,11,14-17,19H,4-5,7-10,12-13H2,1H3/t14?,15?,16-,17+,19+/m1/s1. The van der Waals surface area contributed by atoms with E-state index >= 15 is 0 Å². The maximum atomic E-state index is 13.2. The molecular weight excluding hydrogens is 316 g/mol. The van der Waals surface area contributed by atoms with Gasteiger partial charge in [0.2, 0.25) is 11.8 Å². The van der Waals surface area contributed by atoms with Crippen molar-refractivity contribution in [3.63, 3.8) is 0 Å². The van der Waals surface area contributed by atoms with Gasteiger partial charge in [-0.15, -0.1) is 0 Å². The fourth-order valence-electron chi connectivity index (χ4n) is 4.58. The smallest absolute Gasteiger partial charge is 0.226 e. The van der Waals surface area contributed by atoms with Crippen molar-refractivity contribution in [1.29, 1.82) is 0 Å². The van der Waals surface area contributed by atoms with Gasteiger partial charge in [0.1, 0.15) is 12.2 Å². The molecule has 3 heterocycles. The summed E-state index contributed by atoms with van der Waals surface area (Å²) in [6.45, 7) is 3.67. The van der Waals surface area contributed by atoms with Gasteiger partial charge < -0.3 is 14.4 Å². The SMILES string of the molecule is CC1CCC(C(=O)N2C[C@H](Oc3ccccn3)[C@H]3OCCC[C@H]32)CC1. The highest BCUT2D eigenvalue weighted by Gasteiger charge is 2.48. The van der Waals surface area contributed by atoms with Crippen molar-refractivity contribution in [3.05, 3.63) is 24.4 Å². The number of carbonyl (C=O) groups excluding carboxylic acids is 1. The van der Waals surface area contributed by atoms with Crippen LogP contribution in [0.5, 0.6) is 5.88 Å². The van der Waals surface area contributed by atoms with Crippen molar-refractivity contribution in [2.45, 2.75) is 63.7 Å². The summed E-state index contributed by atoms with van der Waals surface area (Å²) in [6.07, 6.45) is 8.01. The lowest BCUT2D eigenvalue weighted by Gasteiger charge is -2.35. The molecule has 4 rings (SSSR count). The average molecular weight is 344 g/mol. The van der Waals surface area contributed by atoms with E-state index in [1.165, 1.54) is 12.8 Å². The summed E-state index contributed by atoms with van der Waals surface area (Å²) in [4.78, 5) is 19.5. The molecule has 0 unspecified atom stereocenters. The summed E-state index contributed by atoms with van der Waals surface area (Å²) in [6, 6.07) is 5.82. The van der Waals surface area contributed by atoms with Gasteiger partial charge in [0.05, 0.1) is 12.6 Å². The molecular formula is C20H28N2O3. The molecule has 5 heteroatoms. The quantitative estimate of drug-likeness (QED) is 0.846. The molecule has 5 nitrogen and oxygen atoms in total. The van der Waals surface area contributed by atoms with Gasteiger partial charge in [-0.3, -0.25) is 4.79 Å². The lowest BCUT2D eigenvalue weighted by atomic mass is 9.82.